The molecular formula is C13H19ClN2O. The number of hydrogen-bond acceptors (Lipinski definition) is 3. The molecule has 94 valence electrons. The third-order valence-electron chi connectivity index (χ3n) is 2.33. The van der Waals surface area contributed by atoms with Crippen LogP contribution in [0.15, 0.2) is 18.2 Å². The molecule has 0 atom stereocenters. The highest BCUT2D eigenvalue weighted by atomic mass is 35.5. The van der Waals surface area contributed by atoms with Gasteiger partial charge in [-0.2, -0.15) is 0 Å². The van der Waals surface area contributed by atoms with Gasteiger partial charge in [0.2, 0.25) is 0 Å². The van der Waals surface area contributed by atoms with Crippen molar-refractivity contribution in [2.75, 3.05) is 12.3 Å². The van der Waals surface area contributed by atoms with Gasteiger partial charge in [0.15, 0.2) is 5.78 Å². The summed E-state index contributed by atoms with van der Waals surface area (Å²) in [5.74, 6) is 0.0742. The van der Waals surface area contributed by atoms with Gasteiger partial charge < -0.3 is 11.1 Å². The number of hydrogen-bond donors (Lipinski definition) is 2. The van der Waals surface area contributed by atoms with Crippen molar-refractivity contribution in [1.29, 1.82) is 0 Å². The Labute approximate surface area is 107 Å². The summed E-state index contributed by atoms with van der Waals surface area (Å²) in [6.45, 7) is 6.86. The van der Waals surface area contributed by atoms with E-state index in [1.807, 2.05) is 0 Å². The van der Waals surface area contributed by atoms with Gasteiger partial charge in [0.1, 0.15) is 0 Å². The molecule has 0 aliphatic carbocycles. The highest BCUT2D eigenvalue weighted by Crippen LogP contribution is 2.20. The zero-order chi connectivity index (χ0) is 13.1. The average molecular weight is 255 g/mol. The second-order valence-corrected chi connectivity index (χ2v) is 5.49. The van der Waals surface area contributed by atoms with E-state index in [0.29, 0.717) is 29.2 Å². The second kappa shape index (κ2) is 5.52. The Bertz CT molecular complexity index is 410. The minimum absolute atomic E-state index is 0.0271. The fourth-order valence-electron chi connectivity index (χ4n) is 1.41. The first-order valence-electron chi connectivity index (χ1n) is 5.63. The number of halogens is 1. The SMILES string of the molecule is CC(C)(C)NCCC(=O)c1ccc(Cl)c(N)c1. The van der Waals surface area contributed by atoms with Crippen LogP contribution in [0.1, 0.15) is 37.6 Å². The summed E-state index contributed by atoms with van der Waals surface area (Å²) in [6, 6.07) is 4.99. The summed E-state index contributed by atoms with van der Waals surface area (Å²) in [5.41, 5.74) is 6.74. The zero-order valence-electron chi connectivity index (χ0n) is 10.5. The lowest BCUT2D eigenvalue weighted by molar-refractivity contribution is 0.0980. The molecule has 0 spiro atoms. The zero-order valence-corrected chi connectivity index (χ0v) is 11.3. The molecule has 1 rings (SSSR count). The molecule has 0 unspecified atom stereocenters. The molecule has 0 bridgehead atoms. The van der Waals surface area contributed by atoms with Crippen molar-refractivity contribution in [3.63, 3.8) is 0 Å². The number of Topliss-reactive ketones (excluding diaryl/α,β-unsaturated/α-hetero) is 1. The molecule has 0 heterocycles. The fraction of sp³-hybridized carbons (Fsp3) is 0.462. The van der Waals surface area contributed by atoms with Crippen LogP contribution >= 0.6 is 11.6 Å². The van der Waals surface area contributed by atoms with E-state index in [-0.39, 0.29) is 11.3 Å². The lowest BCUT2D eigenvalue weighted by Gasteiger charge is -2.20. The van der Waals surface area contributed by atoms with Gasteiger partial charge in [-0.25, -0.2) is 0 Å². The highest BCUT2D eigenvalue weighted by molar-refractivity contribution is 6.33. The summed E-state index contributed by atoms with van der Waals surface area (Å²) in [4.78, 5) is 11.9. The minimum atomic E-state index is 0.0271. The normalized spacial score (nSPS) is 11.5. The van der Waals surface area contributed by atoms with Gasteiger partial charge in [-0.1, -0.05) is 11.6 Å². The first-order chi connectivity index (χ1) is 7.79. The topological polar surface area (TPSA) is 55.1 Å². The quantitative estimate of drug-likeness (QED) is 0.642. The number of nitrogen functional groups attached to an aromatic ring is 1. The summed E-state index contributed by atoms with van der Waals surface area (Å²) in [6.07, 6.45) is 0.457. The van der Waals surface area contributed by atoms with Crippen LogP contribution in [0.4, 0.5) is 5.69 Å². The molecule has 0 saturated heterocycles. The number of carbonyl (C=O) groups is 1. The lowest BCUT2D eigenvalue weighted by Crippen LogP contribution is -2.37. The summed E-state index contributed by atoms with van der Waals surface area (Å²) < 4.78 is 0. The predicted octanol–water partition coefficient (Wildman–Crippen LogP) is 2.88. The Kier molecular flexibility index (Phi) is 4.54. The summed E-state index contributed by atoms with van der Waals surface area (Å²) in [5, 5.41) is 3.75. The largest absolute Gasteiger partial charge is 0.398 e. The van der Waals surface area contributed by atoms with E-state index in [2.05, 4.69) is 26.1 Å². The van der Waals surface area contributed by atoms with Crippen molar-refractivity contribution in [2.24, 2.45) is 0 Å². The van der Waals surface area contributed by atoms with Gasteiger partial charge in [0, 0.05) is 24.1 Å². The van der Waals surface area contributed by atoms with Crippen molar-refractivity contribution >= 4 is 23.1 Å². The molecule has 0 aromatic heterocycles. The van der Waals surface area contributed by atoms with E-state index < -0.39 is 0 Å². The van der Waals surface area contributed by atoms with E-state index in [4.69, 9.17) is 17.3 Å². The molecule has 1 aromatic rings. The Hall–Kier alpha value is -1.06. The van der Waals surface area contributed by atoms with Crippen LogP contribution in [0.2, 0.25) is 5.02 Å². The van der Waals surface area contributed by atoms with Gasteiger partial charge in [-0.3, -0.25) is 4.79 Å². The van der Waals surface area contributed by atoms with Crippen LogP contribution in [0.3, 0.4) is 0 Å². The number of nitrogens with one attached hydrogen (secondary N) is 1. The van der Waals surface area contributed by atoms with Crippen LogP contribution in [-0.4, -0.2) is 17.9 Å². The highest BCUT2D eigenvalue weighted by Gasteiger charge is 2.11. The second-order valence-electron chi connectivity index (χ2n) is 5.09. The number of carbonyl (C=O) groups excluding carboxylic acids is 1. The Morgan fingerprint density at radius 2 is 2.06 bits per heavy atom. The predicted molar refractivity (Wildman–Crippen MR) is 72.6 cm³/mol. The van der Waals surface area contributed by atoms with Crippen LogP contribution in [0.25, 0.3) is 0 Å². The van der Waals surface area contributed by atoms with Crippen LogP contribution < -0.4 is 11.1 Å². The van der Waals surface area contributed by atoms with E-state index in [0.717, 1.165) is 0 Å². The number of anilines is 1. The van der Waals surface area contributed by atoms with Gasteiger partial charge >= 0.3 is 0 Å². The van der Waals surface area contributed by atoms with E-state index in [9.17, 15) is 4.79 Å². The lowest BCUT2D eigenvalue weighted by atomic mass is 10.1. The molecule has 0 aliphatic rings. The molecule has 4 heteroatoms. The number of nitrogens with two attached hydrogens (primary N) is 1. The Balaban J connectivity index is 2.56. The van der Waals surface area contributed by atoms with Crippen molar-refractivity contribution < 1.29 is 4.79 Å². The summed E-state index contributed by atoms with van der Waals surface area (Å²) >= 11 is 5.80. The molecule has 0 aliphatic heterocycles. The standard InChI is InChI=1S/C13H19ClN2O/c1-13(2,3)16-7-6-12(17)9-4-5-10(14)11(15)8-9/h4-5,8,16H,6-7,15H2,1-3H3. The van der Waals surface area contributed by atoms with Crippen molar-refractivity contribution in [1.82, 2.24) is 5.32 Å². The first-order valence-corrected chi connectivity index (χ1v) is 6.00. The summed E-state index contributed by atoms with van der Waals surface area (Å²) in [7, 11) is 0. The van der Waals surface area contributed by atoms with Crippen molar-refractivity contribution in [2.45, 2.75) is 32.7 Å². The maximum Gasteiger partial charge on any atom is 0.164 e. The van der Waals surface area contributed by atoms with Gasteiger partial charge in [0.05, 0.1) is 10.7 Å². The maximum atomic E-state index is 11.9. The maximum absolute atomic E-state index is 11.9. The molecule has 3 nitrogen and oxygen atoms in total. The molecule has 0 amide bonds. The molecule has 3 N–H and O–H groups in total. The van der Waals surface area contributed by atoms with Crippen LogP contribution in [-0.2, 0) is 0 Å². The molecule has 0 saturated carbocycles. The number of rotatable bonds is 4. The third-order valence-corrected chi connectivity index (χ3v) is 2.67. The van der Waals surface area contributed by atoms with Gasteiger partial charge in [0.25, 0.3) is 0 Å². The molecule has 1 aromatic carbocycles. The van der Waals surface area contributed by atoms with E-state index in [1.165, 1.54) is 0 Å². The Morgan fingerprint density at radius 1 is 1.41 bits per heavy atom. The Morgan fingerprint density at radius 3 is 2.59 bits per heavy atom. The van der Waals surface area contributed by atoms with Gasteiger partial charge in [-0.15, -0.1) is 0 Å². The molecule has 0 fully saturated rings. The molecule has 0 radical (unpaired) electrons. The number of benzene rings is 1. The smallest absolute Gasteiger partial charge is 0.164 e. The van der Waals surface area contributed by atoms with Crippen molar-refractivity contribution in [3.8, 4) is 0 Å². The average Bonchev–Trinajstić information content (AvgIpc) is 2.20. The fourth-order valence-corrected chi connectivity index (χ4v) is 1.53. The minimum Gasteiger partial charge on any atom is -0.398 e. The van der Waals surface area contributed by atoms with Gasteiger partial charge in [-0.05, 0) is 39.0 Å². The van der Waals surface area contributed by atoms with E-state index >= 15 is 0 Å². The molecular weight excluding hydrogens is 236 g/mol. The third kappa shape index (κ3) is 4.75. The number of ketones is 1. The van der Waals surface area contributed by atoms with Crippen LogP contribution in [0.5, 0.6) is 0 Å². The van der Waals surface area contributed by atoms with E-state index in [1.54, 1.807) is 18.2 Å². The monoisotopic (exact) mass is 254 g/mol. The van der Waals surface area contributed by atoms with Crippen LogP contribution in [0, 0.1) is 0 Å². The molecule has 17 heavy (non-hydrogen) atoms. The van der Waals surface area contributed by atoms with Crippen molar-refractivity contribution in [3.05, 3.63) is 28.8 Å². The first kappa shape index (κ1) is 14.0.